The van der Waals surface area contributed by atoms with Crippen LogP contribution in [0.25, 0.3) is 16.6 Å². The predicted octanol–water partition coefficient (Wildman–Crippen LogP) is 5.14. The highest BCUT2D eigenvalue weighted by atomic mass is 35.5. The first-order chi connectivity index (χ1) is 14.6. The zero-order valence-electron chi connectivity index (χ0n) is 17.8. The largest absolute Gasteiger partial charge is 0.465 e. The van der Waals surface area contributed by atoms with Crippen molar-refractivity contribution in [3.63, 3.8) is 0 Å². The molecule has 1 N–H and O–H groups in total. The Labute approximate surface area is 185 Å². The number of hydrogen-bond acceptors (Lipinski definition) is 4. The Bertz CT molecular complexity index is 1250. The zero-order chi connectivity index (χ0) is 22.9. The van der Waals surface area contributed by atoms with Gasteiger partial charge < -0.3 is 5.11 Å². The molecule has 0 aliphatic rings. The fourth-order valence-corrected chi connectivity index (χ4v) is 4.01. The van der Waals surface area contributed by atoms with Gasteiger partial charge in [0, 0.05) is 5.54 Å². The highest BCUT2D eigenvalue weighted by molar-refractivity contribution is 6.35. The maximum atomic E-state index is 13.6. The van der Waals surface area contributed by atoms with Crippen molar-refractivity contribution in [1.82, 2.24) is 14.5 Å². The number of nitriles is 1. The quantitative estimate of drug-likeness (QED) is 0.607. The summed E-state index contributed by atoms with van der Waals surface area (Å²) in [7, 11) is 0. The van der Waals surface area contributed by atoms with Gasteiger partial charge in [0.25, 0.3) is 5.56 Å². The maximum absolute atomic E-state index is 13.6. The summed E-state index contributed by atoms with van der Waals surface area (Å²) >= 11 is 6.32. The molecule has 160 valence electrons. The second kappa shape index (κ2) is 8.40. The number of carboxylic acid groups (broad SMARTS) is 1. The third-order valence-corrected chi connectivity index (χ3v) is 5.35. The second-order valence-corrected chi connectivity index (χ2v) is 8.56. The van der Waals surface area contributed by atoms with Crippen LogP contribution < -0.4 is 5.56 Å². The maximum Gasteiger partial charge on any atom is 0.408 e. The van der Waals surface area contributed by atoms with Crippen molar-refractivity contribution < 1.29 is 9.90 Å². The number of carbonyl (C=O) groups is 1. The van der Waals surface area contributed by atoms with Crippen LogP contribution in [0, 0.1) is 11.3 Å². The minimum Gasteiger partial charge on any atom is -0.465 e. The van der Waals surface area contributed by atoms with Crippen LogP contribution in [0.1, 0.15) is 51.5 Å². The summed E-state index contributed by atoms with van der Waals surface area (Å²) in [5.74, 6) is 0.273. The fraction of sp³-hybridized carbons (Fsp3) is 0.304. The van der Waals surface area contributed by atoms with E-state index in [0.717, 1.165) is 0 Å². The molecule has 31 heavy (non-hydrogen) atoms. The number of benzene rings is 2. The normalized spacial score (nSPS) is 12.4. The van der Waals surface area contributed by atoms with Gasteiger partial charge in [0.05, 0.1) is 39.3 Å². The number of hydrogen-bond donors (Lipinski definition) is 1. The lowest BCUT2D eigenvalue weighted by atomic mass is 10.0. The van der Waals surface area contributed by atoms with Gasteiger partial charge >= 0.3 is 6.09 Å². The Kier molecular flexibility index (Phi) is 6.05. The van der Waals surface area contributed by atoms with E-state index in [-0.39, 0.29) is 16.2 Å². The number of fused-ring (bicyclic) bond motifs is 1. The summed E-state index contributed by atoms with van der Waals surface area (Å²) in [6.45, 7) is 7.22. The molecule has 0 fully saturated rings. The first kappa shape index (κ1) is 22.3. The van der Waals surface area contributed by atoms with E-state index in [0.29, 0.717) is 23.2 Å². The van der Waals surface area contributed by atoms with E-state index in [1.165, 1.54) is 9.47 Å². The Morgan fingerprint density at radius 1 is 1.29 bits per heavy atom. The zero-order valence-corrected chi connectivity index (χ0v) is 18.5. The number of amides is 1. The smallest absolute Gasteiger partial charge is 0.408 e. The molecule has 0 bridgehead atoms. The van der Waals surface area contributed by atoms with Crippen molar-refractivity contribution in [3.05, 3.63) is 69.2 Å². The molecule has 0 radical (unpaired) electrons. The lowest BCUT2D eigenvalue weighted by Gasteiger charge is -2.39. The first-order valence-corrected chi connectivity index (χ1v) is 10.2. The van der Waals surface area contributed by atoms with Crippen LogP contribution >= 0.6 is 11.6 Å². The van der Waals surface area contributed by atoms with Gasteiger partial charge in [-0.15, -0.1) is 0 Å². The van der Waals surface area contributed by atoms with Crippen molar-refractivity contribution >= 4 is 28.6 Å². The Morgan fingerprint density at radius 3 is 2.55 bits per heavy atom. The number of nitrogens with zero attached hydrogens (tertiary/aromatic N) is 4. The topological polar surface area (TPSA) is 99.2 Å². The Balaban J connectivity index is 2.46. The standard InChI is InChI=1S/C23H23ClN4O3/c1-5-18(28(22(30)31)23(2,3)4)20-26-17-11-7-10-16(24)19(17)21(29)27(20)15-9-6-8-14(12-15)13-25/h6-12,18H,5H2,1-4H3,(H,30,31)/t18-/m0/s1. The highest BCUT2D eigenvalue weighted by Crippen LogP contribution is 2.32. The average molecular weight is 439 g/mol. The Morgan fingerprint density at radius 2 is 1.97 bits per heavy atom. The fourth-order valence-electron chi connectivity index (χ4n) is 3.76. The summed E-state index contributed by atoms with van der Waals surface area (Å²) in [6.07, 6.45) is -0.725. The molecule has 0 saturated heterocycles. The molecular weight excluding hydrogens is 416 g/mol. The van der Waals surface area contributed by atoms with E-state index in [2.05, 4.69) is 6.07 Å². The van der Waals surface area contributed by atoms with Gasteiger partial charge in [-0.25, -0.2) is 9.78 Å². The van der Waals surface area contributed by atoms with Crippen LogP contribution in [0.4, 0.5) is 4.79 Å². The number of aromatic nitrogens is 2. The molecule has 3 rings (SSSR count). The second-order valence-electron chi connectivity index (χ2n) is 8.15. The average Bonchev–Trinajstić information content (AvgIpc) is 2.70. The summed E-state index contributed by atoms with van der Waals surface area (Å²) in [6, 6.07) is 12.9. The van der Waals surface area contributed by atoms with Gasteiger partial charge in [0.15, 0.2) is 0 Å². The third-order valence-electron chi connectivity index (χ3n) is 5.03. The van der Waals surface area contributed by atoms with Crippen molar-refractivity contribution in [2.24, 2.45) is 0 Å². The van der Waals surface area contributed by atoms with Crippen molar-refractivity contribution in [1.29, 1.82) is 5.26 Å². The molecule has 1 amide bonds. The third kappa shape index (κ3) is 4.12. The molecule has 8 heteroatoms. The molecular formula is C23H23ClN4O3. The minimum atomic E-state index is -1.11. The van der Waals surface area contributed by atoms with Crippen LogP contribution in [0.3, 0.4) is 0 Å². The van der Waals surface area contributed by atoms with Gasteiger partial charge in [-0.3, -0.25) is 14.3 Å². The minimum absolute atomic E-state index is 0.239. The lowest BCUT2D eigenvalue weighted by Crippen LogP contribution is -2.48. The summed E-state index contributed by atoms with van der Waals surface area (Å²) < 4.78 is 1.37. The summed E-state index contributed by atoms with van der Waals surface area (Å²) in [5, 5.41) is 19.8. The molecule has 0 unspecified atom stereocenters. The highest BCUT2D eigenvalue weighted by Gasteiger charge is 2.36. The molecule has 3 aromatic rings. The Hall–Kier alpha value is -3.37. The van der Waals surface area contributed by atoms with Gasteiger partial charge in [-0.2, -0.15) is 5.26 Å². The van der Waals surface area contributed by atoms with Gasteiger partial charge in [-0.05, 0) is 57.5 Å². The van der Waals surface area contributed by atoms with Crippen molar-refractivity contribution in [3.8, 4) is 11.8 Å². The predicted molar refractivity (Wildman–Crippen MR) is 120 cm³/mol. The van der Waals surface area contributed by atoms with Gasteiger partial charge in [0.2, 0.25) is 0 Å². The van der Waals surface area contributed by atoms with Crippen molar-refractivity contribution in [2.75, 3.05) is 0 Å². The molecule has 0 saturated carbocycles. The monoisotopic (exact) mass is 438 g/mol. The van der Waals surface area contributed by atoms with Gasteiger partial charge in [0.1, 0.15) is 5.82 Å². The summed E-state index contributed by atoms with van der Waals surface area (Å²) in [4.78, 5) is 31.8. The van der Waals surface area contributed by atoms with E-state index in [9.17, 15) is 20.0 Å². The number of rotatable bonds is 4. The lowest BCUT2D eigenvalue weighted by molar-refractivity contribution is 0.0646. The van der Waals surface area contributed by atoms with E-state index < -0.39 is 23.2 Å². The van der Waals surface area contributed by atoms with E-state index in [1.807, 2.05) is 6.92 Å². The SMILES string of the molecule is CC[C@@H](c1nc2cccc(Cl)c2c(=O)n1-c1cccc(C#N)c1)N(C(=O)O)C(C)(C)C. The van der Waals surface area contributed by atoms with E-state index >= 15 is 0 Å². The van der Waals surface area contributed by atoms with Crippen LogP contribution in [0.15, 0.2) is 47.3 Å². The molecule has 7 nitrogen and oxygen atoms in total. The van der Waals surface area contributed by atoms with Crippen LogP contribution in [-0.2, 0) is 0 Å². The number of halogens is 1. The molecule has 2 aromatic carbocycles. The molecule has 1 heterocycles. The van der Waals surface area contributed by atoms with Crippen LogP contribution in [0.5, 0.6) is 0 Å². The molecule has 1 aromatic heterocycles. The molecule has 1 atom stereocenters. The van der Waals surface area contributed by atoms with Gasteiger partial charge in [-0.1, -0.05) is 30.7 Å². The molecule has 0 spiro atoms. The van der Waals surface area contributed by atoms with Crippen LogP contribution in [-0.4, -0.2) is 31.2 Å². The van der Waals surface area contributed by atoms with E-state index in [1.54, 1.807) is 63.2 Å². The first-order valence-electron chi connectivity index (χ1n) is 9.84. The molecule has 0 aliphatic carbocycles. The summed E-state index contributed by atoms with van der Waals surface area (Å²) in [5.41, 5.74) is 0.0169. The van der Waals surface area contributed by atoms with E-state index in [4.69, 9.17) is 16.6 Å². The molecule has 0 aliphatic heterocycles. The van der Waals surface area contributed by atoms with Crippen LogP contribution in [0.2, 0.25) is 5.02 Å². The van der Waals surface area contributed by atoms with Crippen molar-refractivity contribution in [2.45, 2.75) is 45.7 Å².